The van der Waals surface area contributed by atoms with Gasteiger partial charge in [-0.25, -0.2) is 9.59 Å². The molecule has 0 radical (unpaired) electrons. The van der Waals surface area contributed by atoms with Gasteiger partial charge in [-0.2, -0.15) is 0 Å². The van der Waals surface area contributed by atoms with Crippen LogP contribution in [0.15, 0.2) is 59.3 Å². The van der Waals surface area contributed by atoms with Crippen LogP contribution in [0, 0.1) is 5.92 Å². The van der Waals surface area contributed by atoms with Crippen molar-refractivity contribution in [3.63, 3.8) is 0 Å². The van der Waals surface area contributed by atoms with E-state index in [4.69, 9.17) is 14.2 Å². The summed E-state index contributed by atoms with van der Waals surface area (Å²) in [5, 5.41) is 9.31. The molecular weight excluding hydrogens is 398 g/mol. The molecule has 2 atom stereocenters. The molecule has 0 saturated heterocycles. The SMILES string of the molecule is CCC(C)C(N=Cc1ccc(OC(=O)/C(=C\c2cccc(OC)c2)OC)cc1)C(=O)O. The van der Waals surface area contributed by atoms with Crippen molar-refractivity contribution in [1.29, 1.82) is 0 Å². The minimum absolute atomic E-state index is 0.0387. The first-order chi connectivity index (χ1) is 14.9. The third-order valence-corrected chi connectivity index (χ3v) is 4.72. The summed E-state index contributed by atoms with van der Waals surface area (Å²) in [6.45, 7) is 3.78. The Bertz CT molecular complexity index is 949. The van der Waals surface area contributed by atoms with Crippen molar-refractivity contribution in [1.82, 2.24) is 0 Å². The predicted octanol–water partition coefficient (Wildman–Crippen LogP) is 4.21. The Morgan fingerprint density at radius 3 is 2.35 bits per heavy atom. The maximum atomic E-state index is 12.4. The molecule has 0 heterocycles. The normalized spacial score (nSPS) is 13.5. The molecule has 0 amide bonds. The van der Waals surface area contributed by atoms with E-state index in [1.165, 1.54) is 13.3 Å². The lowest BCUT2D eigenvalue weighted by Crippen LogP contribution is -2.25. The maximum Gasteiger partial charge on any atom is 0.378 e. The van der Waals surface area contributed by atoms with Crippen LogP contribution in [-0.4, -0.2) is 43.5 Å². The Labute approximate surface area is 182 Å². The van der Waals surface area contributed by atoms with Crippen LogP contribution in [0.5, 0.6) is 11.5 Å². The summed E-state index contributed by atoms with van der Waals surface area (Å²) in [5.74, 6) is -0.643. The van der Waals surface area contributed by atoms with Crippen LogP contribution in [-0.2, 0) is 14.3 Å². The first-order valence-corrected chi connectivity index (χ1v) is 9.85. The van der Waals surface area contributed by atoms with Crippen LogP contribution in [0.25, 0.3) is 6.08 Å². The number of esters is 1. The predicted molar refractivity (Wildman–Crippen MR) is 119 cm³/mol. The zero-order valence-corrected chi connectivity index (χ0v) is 18.1. The standard InChI is InChI=1S/C24H27NO6/c1-5-16(2)22(23(26)27)25-15-17-9-11-19(12-10-17)31-24(28)21(30-4)14-18-7-6-8-20(13-18)29-3/h6-16,22H,5H2,1-4H3,(H,26,27)/b21-14+,25-15?. The minimum atomic E-state index is -0.953. The lowest BCUT2D eigenvalue weighted by Gasteiger charge is -2.13. The Morgan fingerprint density at radius 1 is 1.06 bits per heavy atom. The molecule has 7 heteroatoms. The molecule has 2 aromatic carbocycles. The fourth-order valence-corrected chi connectivity index (χ4v) is 2.71. The van der Waals surface area contributed by atoms with E-state index < -0.39 is 18.0 Å². The second-order valence-electron chi connectivity index (χ2n) is 6.89. The van der Waals surface area contributed by atoms with Gasteiger partial charge in [-0.3, -0.25) is 4.99 Å². The Morgan fingerprint density at radius 2 is 1.77 bits per heavy atom. The van der Waals surface area contributed by atoms with Crippen molar-refractivity contribution in [2.24, 2.45) is 10.9 Å². The Hall–Kier alpha value is -3.61. The van der Waals surface area contributed by atoms with Gasteiger partial charge in [0.05, 0.1) is 14.2 Å². The van der Waals surface area contributed by atoms with Crippen LogP contribution >= 0.6 is 0 Å². The number of ether oxygens (including phenoxy) is 3. The number of benzene rings is 2. The number of carbonyl (C=O) groups excluding carboxylic acids is 1. The zero-order chi connectivity index (χ0) is 22.8. The van der Waals surface area contributed by atoms with Gasteiger partial charge in [-0.05, 0) is 59.5 Å². The van der Waals surface area contributed by atoms with E-state index in [0.717, 1.165) is 5.56 Å². The van der Waals surface area contributed by atoms with Crippen LogP contribution in [0.1, 0.15) is 31.4 Å². The van der Waals surface area contributed by atoms with E-state index >= 15 is 0 Å². The van der Waals surface area contributed by atoms with Crippen molar-refractivity contribution in [3.05, 3.63) is 65.4 Å². The summed E-state index contributed by atoms with van der Waals surface area (Å²) in [6.07, 6.45) is 3.79. The summed E-state index contributed by atoms with van der Waals surface area (Å²) in [7, 11) is 2.96. The fraction of sp³-hybridized carbons (Fsp3) is 0.292. The molecule has 0 aliphatic rings. The number of carbonyl (C=O) groups is 2. The van der Waals surface area contributed by atoms with E-state index in [2.05, 4.69) is 4.99 Å². The van der Waals surface area contributed by atoms with E-state index in [9.17, 15) is 14.7 Å². The highest BCUT2D eigenvalue weighted by Crippen LogP contribution is 2.18. The van der Waals surface area contributed by atoms with Crippen molar-refractivity contribution < 1.29 is 28.9 Å². The van der Waals surface area contributed by atoms with Gasteiger partial charge in [0.25, 0.3) is 0 Å². The largest absolute Gasteiger partial charge is 0.497 e. The molecule has 1 N–H and O–H groups in total. The molecule has 0 spiro atoms. The van der Waals surface area contributed by atoms with E-state index in [0.29, 0.717) is 23.5 Å². The topological polar surface area (TPSA) is 94.4 Å². The summed E-state index contributed by atoms with van der Waals surface area (Å²) in [6, 6.07) is 13.0. The van der Waals surface area contributed by atoms with E-state index in [-0.39, 0.29) is 11.7 Å². The molecule has 0 bridgehead atoms. The number of carboxylic acid groups (broad SMARTS) is 1. The second kappa shape index (κ2) is 11.5. The highest BCUT2D eigenvalue weighted by Gasteiger charge is 2.21. The number of methoxy groups -OCH3 is 2. The number of rotatable bonds is 10. The highest BCUT2D eigenvalue weighted by molar-refractivity contribution is 5.93. The number of hydrogen-bond acceptors (Lipinski definition) is 6. The van der Waals surface area contributed by atoms with Gasteiger partial charge >= 0.3 is 11.9 Å². The van der Waals surface area contributed by atoms with Gasteiger partial charge in [0.2, 0.25) is 5.76 Å². The van der Waals surface area contributed by atoms with Gasteiger partial charge in [0.15, 0.2) is 0 Å². The van der Waals surface area contributed by atoms with Crippen molar-refractivity contribution in [2.45, 2.75) is 26.3 Å². The van der Waals surface area contributed by atoms with Gasteiger partial charge in [-0.1, -0.05) is 32.4 Å². The van der Waals surface area contributed by atoms with Crippen LogP contribution in [0.2, 0.25) is 0 Å². The van der Waals surface area contributed by atoms with Gasteiger partial charge in [-0.15, -0.1) is 0 Å². The first kappa shape index (κ1) is 23.7. The van der Waals surface area contributed by atoms with Crippen molar-refractivity contribution in [2.75, 3.05) is 14.2 Å². The molecular formula is C24H27NO6. The van der Waals surface area contributed by atoms with E-state index in [1.807, 2.05) is 19.9 Å². The lowest BCUT2D eigenvalue weighted by molar-refractivity contribution is -0.139. The summed E-state index contributed by atoms with van der Waals surface area (Å²) >= 11 is 0. The van der Waals surface area contributed by atoms with E-state index in [1.54, 1.807) is 55.7 Å². The number of aliphatic carboxylic acids is 1. The van der Waals surface area contributed by atoms with Crippen molar-refractivity contribution >= 4 is 24.2 Å². The third kappa shape index (κ3) is 6.99. The molecule has 31 heavy (non-hydrogen) atoms. The molecule has 0 saturated carbocycles. The van der Waals surface area contributed by atoms with Gasteiger partial charge in [0.1, 0.15) is 17.5 Å². The average Bonchev–Trinajstić information content (AvgIpc) is 2.78. The van der Waals surface area contributed by atoms with Crippen LogP contribution < -0.4 is 9.47 Å². The minimum Gasteiger partial charge on any atom is -0.497 e. The summed E-state index contributed by atoms with van der Waals surface area (Å²) in [4.78, 5) is 28.0. The number of nitrogens with zero attached hydrogens (tertiary/aromatic N) is 1. The number of aliphatic imine (C=N–C) groups is 1. The molecule has 2 aromatic rings. The number of carboxylic acids is 1. The Balaban J connectivity index is 2.08. The Kier molecular flexibility index (Phi) is 8.81. The monoisotopic (exact) mass is 425 g/mol. The molecule has 2 unspecified atom stereocenters. The average molecular weight is 425 g/mol. The van der Waals surface area contributed by atoms with Crippen LogP contribution in [0.3, 0.4) is 0 Å². The number of hydrogen-bond donors (Lipinski definition) is 1. The quantitative estimate of drug-likeness (QED) is 0.201. The van der Waals surface area contributed by atoms with Gasteiger partial charge < -0.3 is 19.3 Å². The zero-order valence-electron chi connectivity index (χ0n) is 18.1. The summed E-state index contributed by atoms with van der Waals surface area (Å²) in [5.41, 5.74) is 1.43. The fourth-order valence-electron chi connectivity index (χ4n) is 2.71. The molecule has 0 fully saturated rings. The molecule has 2 rings (SSSR count). The lowest BCUT2D eigenvalue weighted by atomic mass is 10.00. The molecule has 0 aliphatic carbocycles. The molecule has 7 nitrogen and oxygen atoms in total. The molecule has 164 valence electrons. The first-order valence-electron chi connectivity index (χ1n) is 9.85. The van der Waals surface area contributed by atoms with Gasteiger partial charge in [0, 0.05) is 6.21 Å². The van der Waals surface area contributed by atoms with Crippen molar-refractivity contribution in [3.8, 4) is 11.5 Å². The highest BCUT2D eigenvalue weighted by atomic mass is 16.6. The third-order valence-electron chi connectivity index (χ3n) is 4.72. The smallest absolute Gasteiger partial charge is 0.378 e. The second-order valence-corrected chi connectivity index (χ2v) is 6.89. The molecule has 0 aromatic heterocycles. The maximum absolute atomic E-state index is 12.4. The molecule has 0 aliphatic heterocycles. The van der Waals surface area contributed by atoms with Crippen LogP contribution in [0.4, 0.5) is 0 Å². The summed E-state index contributed by atoms with van der Waals surface area (Å²) < 4.78 is 15.7.